The van der Waals surface area contributed by atoms with Crippen LogP contribution >= 0.6 is 0 Å². The largest absolute Gasteiger partial charge is 0.469 e. The second-order valence-corrected chi connectivity index (χ2v) is 8.00. The lowest BCUT2D eigenvalue weighted by Gasteiger charge is -2.41. The van der Waals surface area contributed by atoms with Crippen molar-refractivity contribution in [2.45, 2.75) is 64.5 Å². The maximum atomic E-state index is 12.6. The molecule has 2 heterocycles. The molecule has 0 radical (unpaired) electrons. The quantitative estimate of drug-likeness (QED) is 0.800. The lowest BCUT2D eigenvalue weighted by atomic mass is 9.83. The van der Waals surface area contributed by atoms with Crippen molar-refractivity contribution in [1.82, 2.24) is 10.2 Å². The number of likely N-dealkylation sites (tertiary alicyclic amines) is 1. The smallest absolute Gasteiger partial charge is 0.410 e. The Kier molecular flexibility index (Phi) is 6.49. The zero-order chi connectivity index (χ0) is 17.7. The minimum Gasteiger partial charge on any atom is -0.469 e. The van der Waals surface area contributed by atoms with Gasteiger partial charge in [0, 0.05) is 12.6 Å². The monoisotopic (exact) mass is 340 g/mol. The van der Waals surface area contributed by atoms with Crippen molar-refractivity contribution in [3.63, 3.8) is 0 Å². The standard InChI is InChI=1S/C18H32N2O4/c1-18(2,3)24-17(22)20-10-7-14(16(21)23-4)12-15(20)11-13-5-8-19-9-6-13/h13-15,19H,5-12H2,1-4H3/t14-,15+/m0/s1. The molecule has 0 bridgehead atoms. The van der Waals surface area contributed by atoms with Gasteiger partial charge >= 0.3 is 12.1 Å². The van der Waals surface area contributed by atoms with Crippen molar-refractivity contribution >= 4 is 12.1 Å². The minimum absolute atomic E-state index is 0.0563. The van der Waals surface area contributed by atoms with Gasteiger partial charge in [0.25, 0.3) is 0 Å². The van der Waals surface area contributed by atoms with E-state index in [-0.39, 0.29) is 24.0 Å². The summed E-state index contributed by atoms with van der Waals surface area (Å²) in [5, 5.41) is 3.37. The number of ether oxygens (including phenoxy) is 2. The Morgan fingerprint density at radius 1 is 1.17 bits per heavy atom. The van der Waals surface area contributed by atoms with Gasteiger partial charge in [-0.05, 0) is 71.9 Å². The Morgan fingerprint density at radius 3 is 2.42 bits per heavy atom. The Labute approximate surface area is 145 Å². The molecule has 24 heavy (non-hydrogen) atoms. The van der Waals surface area contributed by atoms with Gasteiger partial charge in [0.1, 0.15) is 5.60 Å². The maximum absolute atomic E-state index is 12.6. The second-order valence-electron chi connectivity index (χ2n) is 8.00. The third-order valence-electron chi connectivity index (χ3n) is 4.94. The summed E-state index contributed by atoms with van der Waals surface area (Å²) in [7, 11) is 1.43. The average Bonchev–Trinajstić information content (AvgIpc) is 2.53. The van der Waals surface area contributed by atoms with Gasteiger partial charge in [-0.3, -0.25) is 4.79 Å². The molecule has 0 aromatic rings. The summed E-state index contributed by atoms with van der Waals surface area (Å²) >= 11 is 0. The van der Waals surface area contributed by atoms with Crippen LogP contribution in [-0.2, 0) is 14.3 Å². The third-order valence-corrected chi connectivity index (χ3v) is 4.94. The molecule has 6 heteroatoms. The van der Waals surface area contributed by atoms with Gasteiger partial charge in [0.15, 0.2) is 0 Å². The molecule has 0 unspecified atom stereocenters. The number of methoxy groups -OCH3 is 1. The molecule has 2 fully saturated rings. The molecule has 0 saturated carbocycles. The lowest BCUT2D eigenvalue weighted by Crippen LogP contribution is -2.50. The third kappa shape index (κ3) is 5.36. The molecule has 2 saturated heterocycles. The van der Waals surface area contributed by atoms with Crippen molar-refractivity contribution in [2.75, 3.05) is 26.7 Å². The number of nitrogens with one attached hydrogen (secondary N) is 1. The van der Waals surface area contributed by atoms with E-state index in [0.717, 1.165) is 32.4 Å². The van der Waals surface area contributed by atoms with E-state index in [1.54, 1.807) is 0 Å². The number of amides is 1. The minimum atomic E-state index is -0.504. The van der Waals surface area contributed by atoms with E-state index < -0.39 is 5.60 Å². The number of nitrogens with zero attached hydrogens (tertiary/aromatic N) is 1. The predicted molar refractivity (Wildman–Crippen MR) is 91.7 cm³/mol. The van der Waals surface area contributed by atoms with Gasteiger partial charge < -0.3 is 19.7 Å². The van der Waals surface area contributed by atoms with Gasteiger partial charge in [-0.15, -0.1) is 0 Å². The van der Waals surface area contributed by atoms with E-state index in [0.29, 0.717) is 25.3 Å². The van der Waals surface area contributed by atoms with Crippen LogP contribution in [-0.4, -0.2) is 55.3 Å². The van der Waals surface area contributed by atoms with Crippen LogP contribution in [0.25, 0.3) is 0 Å². The molecule has 2 aliphatic rings. The summed E-state index contributed by atoms with van der Waals surface area (Å²) in [6.07, 6.45) is 4.26. The number of hydrogen-bond donors (Lipinski definition) is 1. The van der Waals surface area contributed by atoms with Crippen molar-refractivity contribution in [3.05, 3.63) is 0 Å². The summed E-state index contributed by atoms with van der Waals surface area (Å²) in [5.74, 6) is 0.326. The van der Waals surface area contributed by atoms with Crippen LogP contribution in [0.3, 0.4) is 0 Å². The summed E-state index contributed by atoms with van der Waals surface area (Å²) < 4.78 is 10.5. The fourth-order valence-electron chi connectivity index (χ4n) is 3.72. The van der Waals surface area contributed by atoms with E-state index in [9.17, 15) is 9.59 Å². The van der Waals surface area contributed by atoms with Crippen LogP contribution in [0.15, 0.2) is 0 Å². The van der Waals surface area contributed by atoms with Crippen LogP contribution in [0.2, 0.25) is 0 Å². The van der Waals surface area contributed by atoms with Gasteiger partial charge in [0.05, 0.1) is 13.0 Å². The van der Waals surface area contributed by atoms with E-state index in [1.165, 1.54) is 7.11 Å². The first-order valence-electron chi connectivity index (χ1n) is 9.08. The van der Waals surface area contributed by atoms with Gasteiger partial charge in [-0.25, -0.2) is 4.79 Å². The van der Waals surface area contributed by atoms with Crippen LogP contribution < -0.4 is 5.32 Å². The van der Waals surface area contributed by atoms with Crippen LogP contribution in [0, 0.1) is 11.8 Å². The molecular formula is C18H32N2O4. The number of hydrogen-bond acceptors (Lipinski definition) is 5. The Balaban J connectivity index is 2.05. The lowest BCUT2D eigenvalue weighted by molar-refractivity contribution is -0.148. The first-order chi connectivity index (χ1) is 11.3. The normalized spacial score (nSPS) is 26.1. The molecule has 6 nitrogen and oxygen atoms in total. The van der Waals surface area contributed by atoms with Crippen molar-refractivity contribution in [2.24, 2.45) is 11.8 Å². The Hall–Kier alpha value is -1.30. The Bertz CT molecular complexity index is 441. The summed E-state index contributed by atoms with van der Waals surface area (Å²) in [6.45, 7) is 8.27. The molecule has 0 aliphatic carbocycles. The highest BCUT2D eigenvalue weighted by molar-refractivity contribution is 5.73. The highest BCUT2D eigenvalue weighted by atomic mass is 16.6. The van der Waals surface area contributed by atoms with E-state index in [2.05, 4.69) is 5.32 Å². The summed E-state index contributed by atoms with van der Waals surface area (Å²) in [5.41, 5.74) is -0.504. The first kappa shape index (κ1) is 19.0. The highest BCUT2D eigenvalue weighted by Crippen LogP contribution is 2.31. The number of esters is 1. The molecule has 1 amide bonds. The number of carbonyl (C=O) groups is 2. The zero-order valence-electron chi connectivity index (χ0n) is 15.5. The Morgan fingerprint density at radius 2 is 1.83 bits per heavy atom. The maximum Gasteiger partial charge on any atom is 0.410 e. The van der Waals surface area contributed by atoms with Crippen LogP contribution in [0.4, 0.5) is 4.79 Å². The highest BCUT2D eigenvalue weighted by Gasteiger charge is 2.38. The van der Waals surface area contributed by atoms with Crippen molar-refractivity contribution in [1.29, 1.82) is 0 Å². The molecule has 138 valence electrons. The van der Waals surface area contributed by atoms with Crippen LogP contribution in [0.1, 0.15) is 52.9 Å². The van der Waals surface area contributed by atoms with E-state index in [4.69, 9.17) is 9.47 Å². The first-order valence-corrected chi connectivity index (χ1v) is 9.08. The fourth-order valence-corrected chi connectivity index (χ4v) is 3.72. The molecule has 1 N–H and O–H groups in total. The van der Waals surface area contributed by atoms with Gasteiger partial charge in [0.2, 0.25) is 0 Å². The van der Waals surface area contributed by atoms with E-state index in [1.807, 2.05) is 25.7 Å². The molecule has 2 atom stereocenters. The predicted octanol–water partition coefficient (Wildman–Crippen LogP) is 2.56. The number of piperidine rings is 2. The summed E-state index contributed by atoms with van der Waals surface area (Å²) in [4.78, 5) is 26.4. The van der Waals surface area contributed by atoms with Gasteiger partial charge in [-0.2, -0.15) is 0 Å². The zero-order valence-corrected chi connectivity index (χ0v) is 15.5. The number of carbonyl (C=O) groups excluding carboxylic acids is 2. The second kappa shape index (κ2) is 8.19. The topological polar surface area (TPSA) is 67.9 Å². The van der Waals surface area contributed by atoms with E-state index >= 15 is 0 Å². The molecule has 0 aromatic heterocycles. The van der Waals surface area contributed by atoms with Gasteiger partial charge in [-0.1, -0.05) is 0 Å². The number of rotatable bonds is 3. The SMILES string of the molecule is COC(=O)[C@H]1CCN(C(=O)OC(C)(C)C)[C@H](CC2CCNCC2)C1. The summed E-state index contributed by atoms with van der Waals surface area (Å²) in [6, 6.07) is 0.0563. The molecule has 2 aliphatic heterocycles. The van der Waals surface area contributed by atoms with Crippen LogP contribution in [0.5, 0.6) is 0 Å². The fraction of sp³-hybridized carbons (Fsp3) is 0.889. The molecule has 0 aromatic carbocycles. The average molecular weight is 340 g/mol. The molecule has 0 spiro atoms. The molecular weight excluding hydrogens is 308 g/mol. The van der Waals surface area contributed by atoms with Crippen molar-refractivity contribution in [3.8, 4) is 0 Å². The van der Waals surface area contributed by atoms with Crippen molar-refractivity contribution < 1.29 is 19.1 Å². The molecule has 2 rings (SSSR count).